The minimum absolute atomic E-state index is 1.08. The van der Waals surface area contributed by atoms with Crippen molar-refractivity contribution in [3.05, 3.63) is 11.9 Å². The Morgan fingerprint density at radius 2 is 1.19 bits per heavy atom. The van der Waals surface area contributed by atoms with Gasteiger partial charge in [0.25, 0.3) is 0 Å². The summed E-state index contributed by atoms with van der Waals surface area (Å²) in [7, 11) is 0. The van der Waals surface area contributed by atoms with Gasteiger partial charge in [-0.05, 0) is 12.8 Å². The van der Waals surface area contributed by atoms with Crippen LogP contribution in [0.15, 0.2) is 6.20 Å². The van der Waals surface area contributed by atoms with Crippen LogP contribution in [0.4, 0.5) is 0 Å². The van der Waals surface area contributed by atoms with Crippen LogP contribution in [0.3, 0.4) is 0 Å². The van der Waals surface area contributed by atoms with Crippen LogP contribution in [0.2, 0.25) is 0 Å². The fourth-order valence-electron chi connectivity index (χ4n) is 2.85. The molecule has 0 radical (unpaired) electrons. The molecule has 1 heterocycles. The van der Waals surface area contributed by atoms with Gasteiger partial charge in [0.1, 0.15) is 0 Å². The van der Waals surface area contributed by atoms with Crippen molar-refractivity contribution in [2.45, 2.75) is 103 Å². The molecule has 3 nitrogen and oxygen atoms in total. The molecule has 0 saturated carbocycles. The first-order valence-corrected chi connectivity index (χ1v) is 9.29. The summed E-state index contributed by atoms with van der Waals surface area (Å²) in [6.07, 6.45) is 22.8. The van der Waals surface area contributed by atoms with E-state index < -0.39 is 0 Å². The fourth-order valence-corrected chi connectivity index (χ4v) is 2.85. The molecule has 1 N–H and O–H groups in total. The summed E-state index contributed by atoms with van der Waals surface area (Å²) in [5.41, 5.74) is 1.11. The maximum atomic E-state index is 4.01. The summed E-state index contributed by atoms with van der Waals surface area (Å²) in [5, 5.41) is 10.5. The summed E-state index contributed by atoms with van der Waals surface area (Å²) in [4.78, 5) is 0. The van der Waals surface area contributed by atoms with Crippen LogP contribution in [0.25, 0.3) is 0 Å². The van der Waals surface area contributed by atoms with E-state index >= 15 is 0 Å². The van der Waals surface area contributed by atoms with E-state index in [2.05, 4.69) is 22.3 Å². The van der Waals surface area contributed by atoms with Gasteiger partial charge >= 0.3 is 0 Å². The number of hydrogen-bond acceptors (Lipinski definition) is 2. The second-order valence-corrected chi connectivity index (χ2v) is 6.31. The number of aryl methyl sites for hydroxylation is 1. The van der Waals surface area contributed by atoms with Crippen LogP contribution in [0.1, 0.15) is 103 Å². The first-order chi connectivity index (χ1) is 10.4. The number of aromatic amines is 1. The SMILES string of the molecule is CCCCCCCCCCCCCCCCc1c[nH]nn1. The molecule has 1 rings (SSSR count). The zero-order chi connectivity index (χ0) is 15.0. The highest BCUT2D eigenvalue weighted by Crippen LogP contribution is 2.13. The van der Waals surface area contributed by atoms with Gasteiger partial charge in [-0.3, -0.25) is 5.10 Å². The minimum Gasteiger partial charge on any atom is -0.265 e. The Morgan fingerprint density at radius 3 is 1.62 bits per heavy atom. The van der Waals surface area contributed by atoms with Gasteiger partial charge in [0.15, 0.2) is 0 Å². The number of H-pyrrole nitrogens is 1. The molecular weight excluding hydrogens is 258 g/mol. The van der Waals surface area contributed by atoms with E-state index in [1.165, 1.54) is 89.9 Å². The highest BCUT2D eigenvalue weighted by molar-refractivity contribution is 4.89. The smallest absolute Gasteiger partial charge is 0.0824 e. The minimum atomic E-state index is 1.08. The summed E-state index contributed by atoms with van der Waals surface area (Å²) in [5.74, 6) is 0. The second-order valence-electron chi connectivity index (χ2n) is 6.31. The van der Waals surface area contributed by atoms with E-state index in [0.717, 1.165) is 12.1 Å². The van der Waals surface area contributed by atoms with Gasteiger partial charge in [-0.25, -0.2) is 0 Å². The van der Waals surface area contributed by atoms with E-state index in [-0.39, 0.29) is 0 Å². The third kappa shape index (κ3) is 11.5. The number of unbranched alkanes of at least 4 members (excludes halogenated alkanes) is 13. The Balaban J connectivity index is 1.69. The average Bonchev–Trinajstić information content (AvgIpc) is 3.01. The van der Waals surface area contributed by atoms with Crippen molar-refractivity contribution in [1.29, 1.82) is 0 Å². The topological polar surface area (TPSA) is 41.6 Å². The molecule has 3 heteroatoms. The number of rotatable bonds is 15. The van der Waals surface area contributed by atoms with Gasteiger partial charge in [-0.2, -0.15) is 0 Å². The summed E-state index contributed by atoms with van der Waals surface area (Å²) in [6.45, 7) is 2.29. The molecule has 0 aliphatic carbocycles. The highest BCUT2D eigenvalue weighted by atomic mass is 15.3. The van der Waals surface area contributed by atoms with E-state index in [1.807, 2.05) is 6.20 Å². The van der Waals surface area contributed by atoms with Crippen LogP contribution < -0.4 is 0 Å². The largest absolute Gasteiger partial charge is 0.265 e. The van der Waals surface area contributed by atoms with Crippen LogP contribution in [-0.2, 0) is 6.42 Å². The monoisotopic (exact) mass is 293 g/mol. The predicted molar refractivity (Wildman–Crippen MR) is 90.4 cm³/mol. The quantitative estimate of drug-likeness (QED) is 0.413. The molecule has 0 aromatic carbocycles. The highest BCUT2D eigenvalue weighted by Gasteiger charge is 1.96. The number of nitrogens with zero attached hydrogens (tertiary/aromatic N) is 2. The summed E-state index contributed by atoms with van der Waals surface area (Å²) in [6, 6.07) is 0. The lowest BCUT2D eigenvalue weighted by Crippen LogP contribution is -1.87. The zero-order valence-corrected chi connectivity index (χ0v) is 14.1. The van der Waals surface area contributed by atoms with Gasteiger partial charge in [-0.15, -0.1) is 5.10 Å². The third-order valence-electron chi connectivity index (χ3n) is 4.25. The predicted octanol–water partition coefficient (Wildman–Crippen LogP) is 5.83. The third-order valence-corrected chi connectivity index (χ3v) is 4.25. The summed E-state index contributed by atoms with van der Waals surface area (Å²) < 4.78 is 0. The van der Waals surface area contributed by atoms with Crippen molar-refractivity contribution in [2.24, 2.45) is 0 Å². The Morgan fingerprint density at radius 1 is 0.714 bits per heavy atom. The molecule has 0 aliphatic heterocycles. The first-order valence-electron chi connectivity index (χ1n) is 9.29. The van der Waals surface area contributed by atoms with E-state index in [1.54, 1.807) is 0 Å². The maximum Gasteiger partial charge on any atom is 0.0824 e. The van der Waals surface area contributed by atoms with Gasteiger partial charge < -0.3 is 0 Å². The van der Waals surface area contributed by atoms with Crippen molar-refractivity contribution in [3.63, 3.8) is 0 Å². The van der Waals surface area contributed by atoms with Crippen LogP contribution in [0, 0.1) is 0 Å². The first kappa shape index (κ1) is 18.2. The zero-order valence-electron chi connectivity index (χ0n) is 14.1. The summed E-state index contributed by atoms with van der Waals surface area (Å²) >= 11 is 0. The standard InChI is InChI=1S/C18H35N3/c1-2-3-4-5-6-7-8-9-10-11-12-13-14-15-16-18-17-19-21-20-18/h17H,2-16H2,1H3,(H,19,20,21). The van der Waals surface area contributed by atoms with Gasteiger partial charge in [0.05, 0.1) is 5.69 Å². The Hall–Kier alpha value is -0.860. The van der Waals surface area contributed by atoms with E-state index in [0.29, 0.717) is 0 Å². The van der Waals surface area contributed by atoms with Gasteiger partial charge in [0, 0.05) is 6.20 Å². The van der Waals surface area contributed by atoms with Crippen LogP contribution in [0.5, 0.6) is 0 Å². The molecule has 1 aromatic heterocycles. The molecule has 0 amide bonds. The van der Waals surface area contributed by atoms with Gasteiger partial charge in [-0.1, -0.05) is 95.6 Å². The van der Waals surface area contributed by atoms with E-state index in [9.17, 15) is 0 Å². The molecule has 0 saturated heterocycles. The molecule has 0 atom stereocenters. The number of aromatic nitrogens is 3. The normalized spacial score (nSPS) is 11.1. The molecule has 0 fully saturated rings. The van der Waals surface area contributed by atoms with Crippen molar-refractivity contribution >= 4 is 0 Å². The molecule has 1 aromatic rings. The average molecular weight is 293 g/mol. The molecule has 0 unspecified atom stereocenters. The molecule has 0 spiro atoms. The Labute approximate surface area is 131 Å². The van der Waals surface area contributed by atoms with Crippen LogP contribution >= 0.6 is 0 Å². The molecule has 0 bridgehead atoms. The lowest BCUT2D eigenvalue weighted by atomic mass is 10.0. The molecule has 21 heavy (non-hydrogen) atoms. The Bertz CT molecular complexity index is 295. The van der Waals surface area contributed by atoms with Crippen molar-refractivity contribution in [2.75, 3.05) is 0 Å². The lowest BCUT2D eigenvalue weighted by Gasteiger charge is -2.03. The fraction of sp³-hybridized carbons (Fsp3) is 0.889. The van der Waals surface area contributed by atoms with Crippen molar-refractivity contribution in [3.8, 4) is 0 Å². The lowest BCUT2D eigenvalue weighted by molar-refractivity contribution is 0.535. The maximum absolute atomic E-state index is 4.01. The second kappa shape index (κ2) is 14.1. The number of nitrogens with one attached hydrogen (secondary N) is 1. The van der Waals surface area contributed by atoms with Crippen molar-refractivity contribution < 1.29 is 0 Å². The Kier molecular flexibility index (Phi) is 12.2. The van der Waals surface area contributed by atoms with Gasteiger partial charge in [0.2, 0.25) is 0 Å². The number of hydrogen-bond donors (Lipinski definition) is 1. The molecular formula is C18H35N3. The van der Waals surface area contributed by atoms with Crippen molar-refractivity contribution in [1.82, 2.24) is 15.4 Å². The molecule has 122 valence electrons. The van der Waals surface area contributed by atoms with Crippen LogP contribution in [-0.4, -0.2) is 15.4 Å². The molecule has 0 aliphatic rings. The van der Waals surface area contributed by atoms with E-state index in [4.69, 9.17) is 0 Å².